The first kappa shape index (κ1) is 12.8. The maximum Gasteiger partial charge on any atom is 0.136 e. The average molecular weight is 330 g/mol. The molecule has 3 aromatic rings. The van der Waals surface area contributed by atoms with Crippen molar-refractivity contribution in [1.82, 2.24) is 19.7 Å². The van der Waals surface area contributed by atoms with E-state index in [0.717, 1.165) is 15.9 Å². The van der Waals surface area contributed by atoms with E-state index in [1.807, 2.05) is 31.2 Å². The van der Waals surface area contributed by atoms with Crippen molar-refractivity contribution in [2.45, 2.75) is 6.92 Å². The molecule has 20 heavy (non-hydrogen) atoms. The van der Waals surface area contributed by atoms with Crippen LogP contribution in [-0.4, -0.2) is 19.7 Å². The summed E-state index contributed by atoms with van der Waals surface area (Å²) in [6, 6.07) is 7.82. The monoisotopic (exact) mass is 329 g/mol. The predicted octanol–water partition coefficient (Wildman–Crippen LogP) is 2.98. The largest absolute Gasteiger partial charge is 0.396 e. The number of aryl methyl sites for hydroxylation is 1. The first-order valence-corrected chi connectivity index (χ1v) is 6.84. The Morgan fingerprint density at radius 1 is 1.10 bits per heavy atom. The van der Waals surface area contributed by atoms with Crippen molar-refractivity contribution in [1.29, 1.82) is 0 Å². The van der Waals surface area contributed by atoms with Gasteiger partial charge in [-0.15, -0.1) is 0 Å². The first-order chi connectivity index (χ1) is 9.66. The molecular formula is C14H12BrN5. The minimum Gasteiger partial charge on any atom is -0.396 e. The second-order valence-corrected chi connectivity index (χ2v) is 5.17. The molecule has 2 aromatic heterocycles. The summed E-state index contributed by atoms with van der Waals surface area (Å²) in [5.74, 6) is 0. The average Bonchev–Trinajstić information content (AvgIpc) is 2.81. The highest BCUT2D eigenvalue weighted by Gasteiger charge is 2.14. The summed E-state index contributed by atoms with van der Waals surface area (Å²) < 4.78 is 2.69. The highest BCUT2D eigenvalue weighted by Crippen LogP contribution is 2.27. The lowest BCUT2D eigenvalue weighted by Crippen LogP contribution is -1.97. The smallest absolute Gasteiger partial charge is 0.136 e. The van der Waals surface area contributed by atoms with Crippen molar-refractivity contribution in [3.05, 3.63) is 53.0 Å². The molecule has 0 amide bonds. The van der Waals surface area contributed by atoms with E-state index >= 15 is 0 Å². The summed E-state index contributed by atoms with van der Waals surface area (Å²) >= 11 is 3.51. The predicted molar refractivity (Wildman–Crippen MR) is 81.4 cm³/mol. The second-order valence-electron chi connectivity index (χ2n) is 4.32. The van der Waals surface area contributed by atoms with Crippen LogP contribution in [0.2, 0.25) is 0 Å². The fraction of sp³-hybridized carbons (Fsp3) is 0.0714. The van der Waals surface area contributed by atoms with Gasteiger partial charge in [0.1, 0.15) is 11.4 Å². The summed E-state index contributed by atoms with van der Waals surface area (Å²) in [6.45, 7) is 1.89. The quantitative estimate of drug-likeness (QED) is 0.784. The van der Waals surface area contributed by atoms with E-state index in [-0.39, 0.29) is 0 Å². The number of hydrogen-bond donors (Lipinski definition) is 1. The molecule has 0 aliphatic heterocycles. The zero-order valence-electron chi connectivity index (χ0n) is 10.8. The number of anilines is 1. The van der Waals surface area contributed by atoms with Crippen molar-refractivity contribution in [2.75, 3.05) is 5.73 Å². The number of para-hydroxylation sites is 1. The Labute approximate surface area is 124 Å². The SMILES string of the molecule is Cc1nccnc1-c1nn(-c2ccccc2Br)cc1N. The minimum atomic E-state index is 0.573. The Morgan fingerprint density at radius 3 is 2.60 bits per heavy atom. The molecule has 0 fully saturated rings. The number of rotatable bonds is 2. The van der Waals surface area contributed by atoms with Gasteiger partial charge in [-0.1, -0.05) is 12.1 Å². The number of benzene rings is 1. The third kappa shape index (κ3) is 2.18. The number of nitrogens with two attached hydrogens (primary N) is 1. The summed E-state index contributed by atoms with van der Waals surface area (Å²) in [7, 11) is 0. The summed E-state index contributed by atoms with van der Waals surface area (Å²) in [4.78, 5) is 8.53. The van der Waals surface area contributed by atoms with Gasteiger partial charge in [0.2, 0.25) is 0 Å². The van der Waals surface area contributed by atoms with Gasteiger partial charge in [0.05, 0.1) is 23.3 Å². The Bertz CT molecular complexity index is 766. The van der Waals surface area contributed by atoms with E-state index in [0.29, 0.717) is 17.1 Å². The lowest BCUT2D eigenvalue weighted by molar-refractivity contribution is 0.876. The van der Waals surface area contributed by atoms with Crippen molar-refractivity contribution in [3.63, 3.8) is 0 Å². The van der Waals surface area contributed by atoms with Gasteiger partial charge in [-0.25, -0.2) is 4.68 Å². The molecule has 0 aliphatic carbocycles. The van der Waals surface area contributed by atoms with Gasteiger partial charge >= 0.3 is 0 Å². The summed E-state index contributed by atoms with van der Waals surface area (Å²) in [5, 5.41) is 4.53. The van der Waals surface area contributed by atoms with Gasteiger partial charge in [-0.2, -0.15) is 5.10 Å². The molecule has 1 aromatic carbocycles. The molecule has 5 nitrogen and oxygen atoms in total. The lowest BCUT2D eigenvalue weighted by Gasteiger charge is -2.03. The maximum absolute atomic E-state index is 6.06. The number of halogens is 1. The van der Waals surface area contributed by atoms with E-state index in [2.05, 4.69) is 31.0 Å². The molecule has 100 valence electrons. The van der Waals surface area contributed by atoms with Crippen molar-refractivity contribution < 1.29 is 0 Å². The third-order valence-corrected chi connectivity index (χ3v) is 3.62. The summed E-state index contributed by atoms with van der Waals surface area (Å²) in [5.41, 5.74) is 9.71. The Balaban J connectivity index is 2.13. The van der Waals surface area contributed by atoms with Gasteiger partial charge in [0, 0.05) is 16.9 Å². The third-order valence-electron chi connectivity index (χ3n) is 2.95. The minimum absolute atomic E-state index is 0.573. The Hall–Kier alpha value is -2.21. The number of nitrogens with zero attached hydrogens (tertiary/aromatic N) is 4. The van der Waals surface area contributed by atoms with Gasteiger partial charge in [-0.3, -0.25) is 9.97 Å². The van der Waals surface area contributed by atoms with Crippen molar-refractivity contribution in [2.24, 2.45) is 0 Å². The maximum atomic E-state index is 6.06. The molecule has 3 rings (SSSR count). The van der Waals surface area contributed by atoms with Crippen LogP contribution in [-0.2, 0) is 0 Å². The number of aromatic nitrogens is 4. The molecule has 0 atom stereocenters. The van der Waals surface area contributed by atoms with Crippen LogP contribution in [0.1, 0.15) is 5.69 Å². The topological polar surface area (TPSA) is 69.6 Å². The zero-order chi connectivity index (χ0) is 14.1. The summed E-state index contributed by atoms with van der Waals surface area (Å²) in [6.07, 6.45) is 5.07. The molecular weight excluding hydrogens is 318 g/mol. The highest BCUT2D eigenvalue weighted by molar-refractivity contribution is 9.10. The zero-order valence-corrected chi connectivity index (χ0v) is 12.4. The van der Waals surface area contributed by atoms with Gasteiger partial charge in [-0.05, 0) is 35.0 Å². The van der Waals surface area contributed by atoms with Crippen LogP contribution in [0.3, 0.4) is 0 Å². The van der Waals surface area contributed by atoms with E-state index in [4.69, 9.17) is 5.73 Å². The van der Waals surface area contributed by atoms with Crippen LogP contribution in [0.4, 0.5) is 5.69 Å². The van der Waals surface area contributed by atoms with Crippen LogP contribution >= 0.6 is 15.9 Å². The molecule has 0 aliphatic rings. The molecule has 2 N–H and O–H groups in total. The van der Waals surface area contributed by atoms with E-state index in [9.17, 15) is 0 Å². The lowest BCUT2D eigenvalue weighted by atomic mass is 10.2. The molecule has 0 saturated carbocycles. The van der Waals surface area contributed by atoms with E-state index < -0.39 is 0 Å². The van der Waals surface area contributed by atoms with Crippen molar-refractivity contribution >= 4 is 21.6 Å². The molecule has 0 unspecified atom stereocenters. The second kappa shape index (κ2) is 5.05. The molecule has 0 saturated heterocycles. The number of hydrogen-bond acceptors (Lipinski definition) is 4. The Kier molecular flexibility index (Phi) is 3.23. The van der Waals surface area contributed by atoms with Crippen LogP contribution < -0.4 is 5.73 Å². The molecule has 0 spiro atoms. The molecule has 6 heteroatoms. The van der Waals surface area contributed by atoms with Gasteiger partial charge in [0.25, 0.3) is 0 Å². The first-order valence-electron chi connectivity index (χ1n) is 6.05. The fourth-order valence-electron chi connectivity index (χ4n) is 1.97. The van der Waals surface area contributed by atoms with Gasteiger partial charge < -0.3 is 5.73 Å². The fourth-order valence-corrected chi connectivity index (χ4v) is 2.44. The molecule has 0 bridgehead atoms. The van der Waals surface area contributed by atoms with Crippen LogP contribution in [0.25, 0.3) is 17.1 Å². The highest BCUT2D eigenvalue weighted by atomic mass is 79.9. The molecule has 0 radical (unpaired) electrons. The van der Waals surface area contributed by atoms with E-state index in [1.54, 1.807) is 23.3 Å². The Morgan fingerprint density at radius 2 is 1.85 bits per heavy atom. The van der Waals surface area contributed by atoms with Crippen LogP contribution in [0, 0.1) is 6.92 Å². The van der Waals surface area contributed by atoms with E-state index in [1.165, 1.54) is 0 Å². The van der Waals surface area contributed by atoms with Gasteiger partial charge in [0.15, 0.2) is 0 Å². The van der Waals surface area contributed by atoms with Crippen molar-refractivity contribution in [3.8, 4) is 17.1 Å². The number of nitrogen functional groups attached to an aromatic ring is 1. The van der Waals surface area contributed by atoms with Crippen LogP contribution in [0.15, 0.2) is 47.3 Å². The van der Waals surface area contributed by atoms with Crippen LogP contribution in [0.5, 0.6) is 0 Å². The normalized spacial score (nSPS) is 10.7. The molecule has 2 heterocycles. The standard InChI is InChI=1S/C14H12BrN5/c1-9-13(18-7-6-17-9)14-11(16)8-20(19-14)12-5-3-2-4-10(12)15/h2-8H,16H2,1H3.